The van der Waals surface area contributed by atoms with E-state index in [4.69, 9.17) is 4.98 Å². The lowest BCUT2D eigenvalue weighted by Gasteiger charge is -2.20. The molecule has 0 aliphatic carbocycles. The molecule has 3 aromatic carbocycles. The highest BCUT2D eigenvalue weighted by Crippen LogP contribution is 2.24. The second-order valence-corrected chi connectivity index (χ2v) is 7.40. The molecule has 1 heterocycles. The lowest BCUT2D eigenvalue weighted by molar-refractivity contribution is 0.0956. The summed E-state index contributed by atoms with van der Waals surface area (Å²) in [6.45, 7) is 6.20. The van der Waals surface area contributed by atoms with E-state index in [-0.39, 0.29) is 5.91 Å². The van der Waals surface area contributed by atoms with Gasteiger partial charge in [0.1, 0.15) is 0 Å². The summed E-state index contributed by atoms with van der Waals surface area (Å²) in [5.74, 6) is -0.267. The van der Waals surface area contributed by atoms with Gasteiger partial charge < -0.3 is 4.90 Å². The number of rotatable bonds is 7. The van der Waals surface area contributed by atoms with Gasteiger partial charge in [-0.1, -0.05) is 60.7 Å². The molecule has 0 saturated heterocycles. The van der Waals surface area contributed by atoms with Crippen LogP contribution < -0.4 is 10.3 Å². The number of hydrazone groups is 1. The van der Waals surface area contributed by atoms with Gasteiger partial charge in [0.25, 0.3) is 5.91 Å². The lowest BCUT2D eigenvalue weighted by Crippen LogP contribution is -2.21. The maximum atomic E-state index is 13.0. The van der Waals surface area contributed by atoms with Crippen molar-refractivity contribution in [1.29, 1.82) is 0 Å². The molecule has 1 amide bonds. The molecule has 32 heavy (non-hydrogen) atoms. The Morgan fingerprint density at radius 3 is 2.34 bits per heavy atom. The van der Waals surface area contributed by atoms with E-state index in [0.29, 0.717) is 5.56 Å². The number of pyridine rings is 1. The van der Waals surface area contributed by atoms with E-state index in [1.165, 1.54) is 5.69 Å². The maximum absolute atomic E-state index is 13.0. The average Bonchev–Trinajstić information content (AvgIpc) is 2.85. The number of aromatic nitrogens is 1. The van der Waals surface area contributed by atoms with Crippen molar-refractivity contribution in [3.8, 4) is 11.3 Å². The molecule has 160 valence electrons. The van der Waals surface area contributed by atoms with Gasteiger partial charge >= 0.3 is 0 Å². The Morgan fingerprint density at radius 1 is 0.938 bits per heavy atom. The van der Waals surface area contributed by atoms with Gasteiger partial charge in [-0.05, 0) is 43.7 Å². The number of carbonyl (C=O) groups excluding carboxylic acids is 1. The molecule has 0 bridgehead atoms. The third-order valence-electron chi connectivity index (χ3n) is 5.43. The van der Waals surface area contributed by atoms with Crippen LogP contribution >= 0.6 is 0 Å². The van der Waals surface area contributed by atoms with Gasteiger partial charge in [0.15, 0.2) is 0 Å². The number of anilines is 1. The number of hydrogen-bond donors (Lipinski definition) is 1. The van der Waals surface area contributed by atoms with Crippen LogP contribution in [-0.4, -0.2) is 30.2 Å². The van der Waals surface area contributed by atoms with Gasteiger partial charge in [-0.25, -0.2) is 10.4 Å². The van der Waals surface area contributed by atoms with Gasteiger partial charge in [0.2, 0.25) is 0 Å². The molecule has 0 radical (unpaired) electrons. The smallest absolute Gasteiger partial charge is 0.272 e. The summed E-state index contributed by atoms with van der Waals surface area (Å²) < 4.78 is 0. The fraction of sp³-hybridized carbons (Fsp3) is 0.148. The molecule has 0 atom stereocenters. The summed E-state index contributed by atoms with van der Waals surface area (Å²) in [4.78, 5) is 20.0. The van der Waals surface area contributed by atoms with Gasteiger partial charge in [-0.15, -0.1) is 0 Å². The van der Waals surface area contributed by atoms with Crippen molar-refractivity contribution in [2.24, 2.45) is 5.10 Å². The number of nitrogens with one attached hydrogen (secondary N) is 1. The minimum absolute atomic E-state index is 0.267. The van der Waals surface area contributed by atoms with E-state index in [0.717, 1.165) is 40.8 Å². The Balaban J connectivity index is 1.56. The van der Waals surface area contributed by atoms with Crippen LogP contribution in [0.1, 0.15) is 29.8 Å². The highest BCUT2D eigenvalue weighted by molar-refractivity contribution is 6.07. The molecule has 1 N–H and O–H groups in total. The molecule has 5 heteroatoms. The van der Waals surface area contributed by atoms with Gasteiger partial charge in [-0.2, -0.15) is 5.10 Å². The number of benzene rings is 3. The molecular formula is C27H26N4O. The Hall–Kier alpha value is -3.99. The van der Waals surface area contributed by atoms with E-state index < -0.39 is 0 Å². The lowest BCUT2D eigenvalue weighted by atomic mass is 10.0. The largest absolute Gasteiger partial charge is 0.372 e. The molecule has 4 aromatic rings. The molecule has 0 aliphatic rings. The molecule has 0 spiro atoms. The number of nitrogens with zero attached hydrogens (tertiary/aromatic N) is 3. The molecule has 0 saturated carbocycles. The quantitative estimate of drug-likeness (QED) is 0.315. The minimum Gasteiger partial charge on any atom is -0.372 e. The van der Waals surface area contributed by atoms with E-state index in [1.54, 1.807) is 6.21 Å². The zero-order valence-corrected chi connectivity index (χ0v) is 18.3. The summed E-state index contributed by atoms with van der Waals surface area (Å²) in [5.41, 5.74) is 7.80. The van der Waals surface area contributed by atoms with Gasteiger partial charge in [-0.3, -0.25) is 4.79 Å². The zero-order valence-electron chi connectivity index (χ0n) is 18.3. The number of fused-ring (bicyclic) bond motifs is 1. The third-order valence-corrected chi connectivity index (χ3v) is 5.43. The van der Waals surface area contributed by atoms with E-state index in [2.05, 4.69) is 41.4 Å². The average molecular weight is 423 g/mol. The zero-order chi connectivity index (χ0) is 22.3. The highest BCUT2D eigenvalue weighted by Gasteiger charge is 2.13. The second kappa shape index (κ2) is 9.88. The van der Waals surface area contributed by atoms with Crippen LogP contribution in [0.2, 0.25) is 0 Å². The molecule has 4 rings (SSSR count). The summed E-state index contributed by atoms with van der Waals surface area (Å²) in [6.07, 6.45) is 1.66. The number of amides is 1. The normalized spacial score (nSPS) is 11.1. The van der Waals surface area contributed by atoms with Crippen molar-refractivity contribution in [2.45, 2.75) is 13.8 Å². The summed E-state index contributed by atoms with van der Waals surface area (Å²) in [7, 11) is 0. The van der Waals surface area contributed by atoms with Gasteiger partial charge in [0.05, 0.1) is 23.0 Å². The van der Waals surface area contributed by atoms with Gasteiger partial charge in [0, 0.05) is 29.7 Å². The topological polar surface area (TPSA) is 57.6 Å². The van der Waals surface area contributed by atoms with Crippen molar-refractivity contribution in [1.82, 2.24) is 10.4 Å². The molecule has 0 aliphatic heterocycles. The summed E-state index contributed by atoms with van der Waals surface area (Å²) >= 11 is 0. The first-order valence-corrected chi connectivity index (χ1v) is 10.8. The van der Waals surface area contributed by atoms with Crippen LogP contribution in [0.4, 0.5) is 5.69 Å². The Bertz CT molecular complexity index is 1230. The van der Waals surface area contributed by atoms with Crippen molar-refractivity contribution in [3.05, 3.63) is 96.1 Å². The second-order valence-electron chi connectivity index (χ2n) is 7.40. The predicted molar refractivity (Wildman–Crippen MR) is 132 cm³/mol. The van der Waals surface area contributed by atoms with Crippen LogP contribution in [0, 0.1) is 0 Å². The Kier molecular flexibility index (Phi) is 6.56. The highest BCUT2D eigenvalue weighted by atomic mass is 16.2. The number of hydrogen-bond acceptors (Lipinski definition) is 4. The van der Waals surface area contributed by atoms with Crippen LogP contribution in [0.3, 0.4) is 0 Å². The van der Waals surface area contributed by atoms with Crippen molar-refractivity contribution in [2.75, 3.05) is 18.0 Å². The van der Waals surface area contributed by atoms with Crippen LogP contribution in [0.25, 0.3) is 22.2 Å². The van der Waals surface area contributed by atoms with Crippen LogP contribution in [0.5, 0.6) is 0 Å². The van der Waals surface area contributed by atoms with E-state index in [1.807, 2.05) is 72.8 Å². The molecule has 0 fully saturated rings. The number of carbonyl (C=O) groups is 1. The first-order chi connectivity index (χ1) is 15.7. The fourth-order valence-corrected chi connectivity index (χ4v) is 3.71. The Labute approximate surface area is 188 Å². The van der Waals surface area contributed by atoms with E-state index >= 15 is 0 Å². The Morgan fingerprint density at radius 2 is 1.62 bits per heavy atom. The van der Waals surface area contributed by atoms with Crippen molar-refractivity contribution >= 4 is 28.7 Å². The van der Waals surface area contributed by atoms with Crippen molar-refractivity contribution in [3.63, 3.8) is 0 Å². The van der Waals surface area contributed by atoms with Crippen LogP contribution in [-0.2, 0) is 0 Å². The molecular weight excluding hydrogens is 396 g/mol. The van der Waals surface area contributed by atoms with E-state index in [9.17, 15) is 4.79 Å². The summed E-state index contributed by atoms with van der Waals surface area (Å²) in [6, 6.07) is 27.5. The minimum atomic E-state index is -0.267. The SMILES string of the molecule is CCN(CC)c1ccc(C=NNC(=O)c2cc(-c3ccccc3)nc3ccccc23)cc1. The van der Waals surface area contributed by atoms with Crippen LogP contribution in [0.15, 0.2) is 90.0 Å². The monoisotopic (exact) mass is 422 g/mol. The molecule has 5 nitrogen and oxygen atoms in total. The predicted octanol–water partition coefficient (Wildman–Crippen LogP) is 5.51. The maximum Gasteiger partial charge on any atom is 0.272 e. The first kappa shape index (κ1) is 21.2. The number of para-hydroxylation sites is 1. The fourth-order valence-electron chi connectivity index (χ4n) is 3.71. The third kappa shape index (κ3) is 4.67. The molecule has 1 aromatic heterocycles. The first-order valence-electron chi connectivity index (χ1n) is 10.8. The molecule has 0 unspecified atom stereocenters. The summed E-state index contributed by atoms with van der Waals surface area (Å²) in [5, 5.41) is 4.98. The van der Waals surface area contributed by atoms with Crippen molar-refractivity contribution < 1.29 is 4.79 Å². The standard InChI is InChI=1S/C27H26N4O/c1-3-31(4-2)22-16-14-20(15-17-22)19-28-30-27(32)24-18-26(21-10-6-5-7-11-21)29-25-13-9-8-12-23(24)25/h5-19H,3-4H2,1-2H3,(H,30,32).